The number of halogens is 1. The number of hydrogen-bond donors (Lipinski definition) is 1. The number of nitrogens with zero attached hydrogens (tertiary/aromatic N) is 2. The Labute approximate surface area is 194 Å². The Balaban J connectivity index is 1.85. The van der Waals surface area contributed by atoms with Gasteiger partial charge < -0.3 is 14.7 Å². The van der Waals surface area contributed by atoms with Crippen LogP contribution < -0.4 is 4.74 Å². The number of aromatic nitrogens is 1. The maximum Gasteiger partial charge on any atom is 0.295 e. The zero-order valence-electron chi connectivity index (χ0n) is 17.4. The third kappa shape index (κ3) is 4.29. The average Bonchev–Trinajstić information content (AvgIpc) is 3.05. The third-order valence-electron chi connectivity index (χ3n) is 5.23. The Kier molecular flexibility index (Phi) is 6.37. The molecule has 0 aliphatic carbocycles. The van der Waals surface area contributed by atoms with Gasteiger partial charge in [0.15, 0.2) is 0 Å². The molecule has 1 saturated heterocycles. The highest BCUT2D eigenvalue weighted by molar-refractivity contribution is 9.10. The molecule has 1 unspecified atom stereocenters. The zero-order valence-corrected chi connectivity index (χ0v) is 19.0. The number of likely N-dealkylation sites (tertiary alicyclic amines) is 1. The maximum absolute atomic E-state index is 13.1. The number of hydrogen-bond acceptors (Lipinski definition) is 5. The quantitative estimate of drug-likeness (QED) is 0.301. The van der Waals surface area contributed by atoms with Crippen molar-refractivity contribution in [3.63, 3.8) is 0 Å². The molecular weight excluding hydrogens is 472 g/mol. The highest BCUT2D eigenvalue weighted by Crippen LogP contribution is 2.41. The Morgan fingerprint density at radius 2 is 1.84 bits per heavy atom. The normalized spacial score (nSPS) is 17.6. The van der Waals surface area contributed by atoms with Gasteiger partial charge >= 0.3 is 0 Å². The second-order valence-corrected chi connectivity index (χ2v) is 8.21. The molecule has 1 aliphatic heterocycles. The second-order valence-electron chi connectivity index (χ2n) is 7.30. The molecule has 4 rings (SSSR count). The minimum Gasteiger partial charge on any atom is -0.507 e. The average molecular weight is 493 g/mol. The van der Waals surface area contributed by atoms with Crippen molar-refractivity contribution < 1.29 is 19.4 Å². The van der Waals surface area contributed by atoms with Crippen LogP contribution in [-0.2, 0) is 16.1 Å². The van der Waals surface area contributed by atoms with Gasteiger partial charge in [-0.1, -0.05) is 40.2 Å². The van der Waals surface area contributed by atoms with Crippen LogP contribution in [0.4, 0.5) is 0 Å². The number of Topliss-reactive ketones (excluding diaryl/α,β-unsaturated/α-hetero) is 1. The van der Waals surface area contributed by atoms with E-state index in [0.29, 0.717) is 17.9 Å². The Morgan fingerprint density at radius 3 is 2.56 bits per heavy atom. The number of ether oxygens (including phenoxy) is 1. The van der Waals surface area contributed by atoms with Gasteiger partial charge in [-0.2, -0.15) is 0 Å². The van der Waals surface area contributed by atoms with Crippen molar-refractivity contribution in [2.75, 3.05) is 6.61 Å². The summed E-state index contributed by atoms with van der Waals surface area (Å²) in [4.78, 5) is 31.7. The van der Waals surface area contributed by atoms with Crippen LogP contribution in [-0.4, -0.2) is 33.3 Å². The summed E-state index contributed by atoms with van der Waals surface area (Å²) in [7, 11) is 0. The number of carbonyl (C=O) groups excluding carboxylic acids is 2. The second kappa shape index (κ2) is 9.36. The first-order chi connectivity index (χ1) is 15.5. The number of amides is 1. The molecule has 162 valence electrons. The fourth-order valence-corrected chi connectivity index (χ4v) is 4.22. The van der Waals surface area contributed by atoms with Gasteiger partial charge in [-0.3, -0.25) is 14.6 Å². The molecular formula is C25H21BrN2O4. The Morgan fingerprint density at radius 1 is 1.09 bits per heavy atom. The number of carbonyl (C=O) groups is 2. The topological polar surface area (TPSA) is 79.7 Å². The smallest absolute Gasteiger partial charge is 0.295 e. The number of ketones is 1. The molecule has 0 radical (unpaired) electrons. The van der Waals surface area contributed by atoms with Crippen LogP contribution in [0.25, 0.3) is 5.76 Å². The predicted octanol–water partition coefficient (Wildman–Crippen LogP) is 4.86. The monoisotopic (exact) mass is 492 g/mol. The summed E-state index contributed by atoms with van der Waals surface area (Å²) in [6, 6.07) is 17.1. The van der Waals surface area contributed by atoms with Gasteiger partial charge in [-0.25, -0.2) is 0 Å². The summed E-state index contributed by atoms with van der Waals surface area (Å²) in [6.45, 7) is 2.54. The summed E-state index contributed by atoms with van der Waals surface area (Å²) in [5, 5.41) is 11.2. The molecule has 1 N–H and O–H groups in total. The largest absolute Gasteiger partial charge is 0.507 e. The SMILES string of the molecule is CCOc1cccc(/C(O)=C2\C(=O)C(=O)N(Cc3ccncc3)C2c2cccc(Br)c2)c1. The lowest BCUT2D eigenvalue weighted by Crippen LogP contribution is -2.29. The van der Waals surface area contributed by atoms with E-state index >= 15 is 0 Å². The minimum absolute atomic E-state index is 0.0517. The van der Waals surface area contributed by atoms with Crippen LogP contribution in [0.1, 0.15) is 29.7 Å². The Bertz CT molecular complexity index is 1190. The molecule has 0 spiro atoms. The molecule has 2 heterocycles. The van der Waals surface area contributed by atoms with Crippen LogP contribution in [0.3, 0.4) is 0 Å². The van der Waals surface area contributed by atoms with E-state index in [2.05, 4.69) is 20.9 Å². The molecule has 7 heteroatoms. The van der Waals surface area contributed by atoms with Gasteiger partial charge in [0.05, 0.1) is 18.2 Å². The van der Waals surface area contributed by atoms with E-state index in [-0.39, 0.29) is 17.9 Å². The molecule has 1 atom stereocenters. The predicted molar refractivity (Wildman–Crippen MR) is 124 cm³/mol. The summed E-state index contributed by atoms with van der Waals surface area (Å²) >= 11 is 3.46. The minimum atomic E-state index is -0.739. The molecule has 6 nitrogen and oxygen atoms in total. The third-order valence-corrected chi connectivity index (χ3v) is 5.72. The van der Waals surface area contributed by atoms with Crippen molar-refractivity contribution in [1.29, 1.82) is 0 Å². The van der Waals surface area contributed by atoms with E-state index in [1.807, 2.05) is 31.2 Å². The lowest BCUT2D eigenvalue weighted by Gasteiger charge is -2.25. The zero-order chi connectivity index (χ0) is 22.7. The molecule has 0 saturated carbocycles. The molecule has 32 heavy (non-hydrogen) atoms. The van der Waals surface area contributed by atoms with Crippen molar-refractivity contribution in [1.82, 2.24) is 9.88 Å². The van der Waals surface area contributed by atoms with E-state index in [0.717, 1.165) is 15.6 Å². The first-order valence-corrected chi connectivity index (χ1v) is 10.9. The van der Waals surface area contributed by atoms with Gasteiger partial charge in [0.2, 0.25) is 0 Å². The lowest BCUT2D eigenvalue weighted by molar-refractivity contribution is -0.140. The van der Waals surface area contributed by atoms with Crippen molar-refractivity contribution >= 4 is 33.4 Å². The fraction of sp³-hybridized carbons (Fsp3) is 0.160. The van der Waals surface area contributed by atoms with Crippen LogP contribution >= 0.6 is 15.9 Å². The molecule has 3 aromatic rings. The highest BCUT2D eigenvalue weighted by atomic mass is 79.9. The fourth-order valence-electron chi connectivity index (χ4n) is 3.81. The van der Waals surface area contributed by atoms with Gasteiger partial charge in [0.25, 0.3) is 11.7 Å². The first-order valence-electron chi connectivity index (χ1n) is 10.2. The van der Waals surface area contributed by atoms with Gasteiger partial charge in [-0.15, -0.1) is 0 Å². The van der Waals surface area contributed by atoms with E-state index in [1.54, 1.807) is 48.8 Å². The van der Waals surface area contributed by atoms with Crippen LogP contribution in [0.5, 0.6) is 5.75 Å². The van der Waals surface area contributed by atoms with E-state index in [1.165, 1.54) is 4.90 Å². The number of aliphatic hydroxyl groups excluding tert-OH is 1. The lowest BCUT2D eigenvalue weighted by atomic mass is 9.95. The standard InChI is InChI=1S/C25H21BrN2O4/c1-2-32-20-8-4-6-18(14-20)23(29)21-22(17-5-3-7-19(26)13-17)28(25(31)24(21)30)15-16-9-11-27-12-10-16/h3-14,22,29H,2,15H2,1H3/b23-21+. The first kappa shape index (κ1) is 21.8. The van der Waals surface area contributed by atoms with Gasteiger partial charge in [-0.05, 0) is 54.4 Å². The number of pyridine rings is 1. The van der Waals surface area contributed by atoms with Crippen LogP contribution in [0, 0.1) is 0 Å². The van der Waals surface area contributed by atoms with E-state index < -0.39 is 17.7 Å². The summed E-state index contributed by atoms with van der Waals surface area (Å²) in [5.41, 5.74) is 2.02. The summed E-state index contributed by atoms with van der Waals surface area (Å²) in [6.07, 6.45) is 3.28. The van der Waals surface area contributed by atoms with Crippen LogP contribution in [0.2, 0.25) is 0 Å². The van der Waals surface area contributed by atoms with Gasteiger partial charge in [0, 0.05) is 29.0 Å². The van der Waals surface area contributed by atoms with Gasteiger partial charge in [0.1, 0.15) is 11.5 Å². The van der Waals surface area contributed by atoms with Crippen molar-refractivity contribution in [2.45, 2.75) is 19.5 Å². The maximum atomic E-state index is 13.1. The molecule has 1 fully saturated rings. The molecule has 1 aliphatic rings. The molecule has 2 aromatic carbocycles. The van der Waals surface area contributed by atoms with Crippen LogP contribution in [0.15, 0.2) is 83.1 Å². The molecule has 1 aromatic heterocycles. The number of benzene rings is 2. The number of aliphatic hydroxyl groups is 1. The van der Waals surface area contributed by atoms with Crippen molar-refractivity contribution in [3.8, 4) is 5.75 Å². The molecule has 1 amide bonds. The molecule has 0 bridgehead atoms. The van der Waals surface area contributed by atoms with Crippen molar-refractivity contribution in [2.24, 2.45) is 0 Å². The summed E-state index contributed by atoms with van der Waals surface area (Å²) in [5.74, 6) is -1.04. The van der Waals surface area contributed by atoms with E-state index in [9.17, 15) is 14.7 Å². The van der Waals surface area contributed by atoms with Crippen molar-refractivity contribution in [3.05, 3.63) is 99.8 Å². The van der Waals surface area contributed by atoms with E-state index in [4.69, 9.17) is 4.74 Å². The summed E-state index contributed by atoms with van der Waals surface area (Å²) < 4.78 is 6.33. The highest BCUT2D eigenvalue weighted by Gasteiger charge is 2.46. The Hall–Kier alpha value is -3.45. The number of rotatable bonds is 6.